The minimum Gasteiger partial charge on any atom is -0.492 e. The van der Waals surface area contributed by atoms with E-state index in [9.17, 15) is 14.4 Å². The number of aromatic nitrogens is 2. The van der Waals surface area contributed by atoms with E-state index < -0.39 is 5.97 Å². The zero-order valence-electron chi connectivity index (χ0n) is 19.2. The molecule has 0 aliphatic carbocycles. The molecule has 9 nitrogen and oxygen atoms in total. The van der Waals surface area contributed by atoms with Gasteiger partial charge in [0, 0.05) is 62.0 Å². The van der Waals surface area contributed by atoms with Crippen LogP contribution in [0.15, 0.2) is 39.2 Å². The molecule has 1 aliphatic heterocycles. The molecule has 4 rings (SSSR count). The highest BCUT2D eigenvalue weighted by atomic mass is 32.1. The molecule has 0 saturated heterocycles. The van der Waals surface area contributed by atoms with Gasteiger partial charge in [-0.1, -0.05) is 0 Å². The number of fused-ring (bicyclic) bond motifs is 1. The maximum atomic E-state index is 12.9. The molecule has 0 N–H and O–H groups in total. The smallest absolute Gasteiger partial charge is 0.343 e. The number of furan rings is 1. The van der Waals surface area contributed by atoms with Crippen molar-refractivity contribution in [3.05, 3.63) is 67.9 Å². The zero-order chi connectivity index (χ0) is 24.1. The van der Waals surface area contributed by atoms with E-state index in [2.05, 4.69) is 4.98 Å². The van der Waals surface area contributed by atoms with Gasteiger partial charge in [0.1, 0.15) is 17.1 Å². The van der Waals surface area contributed by atoms with Crippen LogP contribution in [0.25, 0.3) is 0 Å². The fraction of sp³-hybridized carbons (Fsp3) is 0.417. The van der Waals surface area contributed by atoms with E-state index in [1.165, 1.54) is 13.2 Å². The summed E-state index contributed by atoms with van der Waals surface area (Å²) in [5.41, 5.74) is 3.23. The Morgan fingerprint density at radius 2 is 2.09 bits per heavy atom. The lowest BCUT2D eigenvalue weighted by Gasteiger charge is -2.19. The van der Waals surface area contributed by atoms with Crippen LogP contribution < -0.4 is 10.3 Å². The fourth-order valence-electron chi connectivity index (χ4n) is 4.10. The Morgan fingerprint density at radius 1 is 1.24 bits per heavy atom. The summed E-state index contributed by atoms with van der Waals surface area (Å²) in [5, 5.41) is 0. The maximum Gasteiger partial charge on any atom is 0.343 e. The minimum absolute atomic E-state index is 0.0201. The third-order valence-corrected chi connectivity index (χ3v) is 6.93. The van der Waals surface area contributed by atoms with Gasteiger partial charge >= 0.3 is 5.97 Å². The van der Waals surface area contributed by atoms with Crippen molar-refractivity contribution >= 4 is 23.2 Å². The van der Waals surface area contributed by atoms with E-state index in [0.717, 1.165) is 16.3 Å². The third-order valence-electron chi connectivity index (χ3n) is 5.93. The lowest BCUT2D eigenvalue weighted by atomic mass is 10.1. The van der Waals surface area contributed by atoms with Gasteiger partial charge in [0.25, 0.3) is 5.56 Å². The number of carbonyl (C=O) groups excluding carboxylic acids is 2. The number of hydrogen-bond acceptors (Lipinski definition) is 8. The van der Waals surface area contributed by atoms with Crippen LogP contribution in [0.2, 0.25) is 0 Å². The number of rotatable bonds is 8. The van der Waals surface area contributed by atoms with Crippen molar-refractivity contribution in [2.75, 3.05) is 26.8 Å². The first-order chi connectivity index (χ1) is 16.5. The molecule has 1 aliphatic rings. The van der Waals surface area contributed by atoms with E-state index in [-0.39, 0.29) is 22.8 Å². The Morgan fingerprint density at radius 3 is 2.79 bits per heavy atom. The van der Waals surface area contributed by atoms with Gasteiger partial charge in [-0.25, -0.2) is 9.78 Å². The van der Waals surface area contributed by atoms with Crippen LogP contribution in [0.5, 0.6) is 5.75 Å². The van der Waals surface area contributed by atoms with Gasteiger partial charge in [-0.3, -0.25) is 9.59 Å². The molecular weight excluding hydrogens is 458 g/mol. The summed E-state index contributed by atoms with van der Waals surface area (Å²) in [6.45, 7) is 3.31. The molecule has 0 spiro atoms. The maximum absolute atomic E-state index is 12.9. The summed E-state index contributed by atoms with van der Waals surface area (Å²) in [5.74, 6) is 0.382. The van der Waals surface area contributed by atoms with Crippen LogP contribution in [0.3, 0.4) is 0 Å². The molecular formula is C24H27N3O6S. The Hall–Kier alpha value is -3.40. The van der Waals surface area contributed by atoms with Crippen molar-refractivity contribution in [1.82, 2.24) is 14.5 Å². The number of hydrogen-bond donors (Lipinski definition) is 0. The van der Waals surface area contributed by atoms with Crippen LogP contribution >= 0.6 is 11.3 Å². The Labute approximate surface area is 200 Å². The molecule has 10 heteroatoms. The molecule has 0 saturated carbocycles. The number of methoxy groups -OCH3 is 1. The van der Waals surface area contributed by atoms with Gasteiger partial charge in [-0.05, 0) is 19.1 Å². The highest BCUT2D eigenvalue weighted by Gasteiger charge is 2.27. The molecule has 3 aromatic heterocycles. The van der Waals surface area contributed by atoms with Gasteiger partial charge in [0.05, 0.1) is 31.2 Å². The summed E-state index contributed by atoms with van der Waals surface area (Å²) >= 11 is 1.54. The van der Waals surface area contributed by atoms with Crippen LogP contribution in [0.4, 0.5) is 0 Å². The molecule has 0 unspecified atom stereocenters. The fourth-order valence-corrected chi connectivity index (χ4v) is 4.86. The zero-order valence-corrected chi connectivity index (χ0v) is 20.1. The Balaban J connectivity index is 1.51. The molecule has 34 heavy (non-hydrogen) atoms. The number of aryl methyl sites for hydroxylation is 2. The van der Waals surface area contributed by atoms with Gasteiger partial charge in [0.15, 0.2) is 0 Å². The predicted octanol–water partition coefficient (Wildman–Crippen LogP) is 2.63. The van der Waals surface area contributed by atoms with Gasteiger partial charge in [0.2, 0.25) is 5.91 Å². The molecule has 0 radical (unpaired) electrons. The first-order valence-electron chi connectivity index (χ1n) is 11.1. The normalized spacial score (nSPS) is 13.3. The molecule has 0 aromatic carbocycles. The number of ether oxygens (including phenoxy) is 2. The first-order valence-corrected chi connectivity index (χ1v) is 12.0. The summed E-state index contributed by atoms with van der Waals surface area (Å²) in [4.78, 5) is 45.5. The number of amides is 1. The lowest BCUT2D eigenvalue weighted by Crippen LogP contribution is -2.34. The van der Waals surface area contributed by atoms with Crippen molar-refractivity contribution < 1.29 is 23.5 Å². The van der Waals surface area contributed by atoms with Gasteiger partial charge in [-0.15, -0.1) is 11.3 Å². The molecule has 1 amide bonds. The second kappa shape index (κ2) is 10.7. The largest absolute Gasteiger partial charge is 0.492 e. The standard InChI is InChI=1S/C24H27N3O6S/c1-16-20(34-15-25-16)8-13-33-19-14-22(29)27-11-10-26(9-7-18(27)23(19)24(30)31-2)21(28)6-5-17-4-3-12-32-17/h3-4,12,14-15H,5-11,13H2,1-2H3. The third kappa shape index (κ3) is 5.22. The SMILES string of the molecule is COC(=O)c1c(OCCc2scnc2C)cc(=O)n2c1CCN(C(=O)CCc1ccco1)CC2. The predicted molar refractivity (Wildman–Crippen MR) is 125 cm³/mol. The number of pyridine rings is 1. The highest BCUT2D eigenvalue weighted by Crippen LogP contribution is 2.25. The number of carbonyl (C=O) groups is 2. The minimum atomic E-state index is -0.565. The van der Waals surface area contributed by atoms with E-state index >= 15 is 0 Å². The number of nitrogens with zero attached hydrogens (tertiary/aromatic N) is 3. The molecule has 180 valence electrons. The van der Waals surface area contributed by atoms with E-state index in [4.69, 9.17) is 13.9 Å². The summed E-state index contributed by atoms with van der Waals surface area (Å²) < 4.78 is 17.8. The average molecular weight is 486 g/mol. The van der Waals surface area contributed by atoms with Crippen molar-refractivity contribution in [3.8, 4) is 5.75 Å². The monoisotopic (exact) mass is 485 g/mol. The van der Waals surface area contributed by atoms with Crippen molar-refractivity contribution in [2.24, 2.45) is 0 Å². The van der Waals surface area contributed by atoms with Crippen LogP contribution in [0.1, 0.15) is 38.8 Å². The van der Waals surface area contributed by atoms with E-state index in [1.807, 2.05) is 13.0 Å². The summed E-state index contributed by atoms with van der Waals surface area (Å²) in [6, 6.07) is 4.97. The van der Waals surface area contributed by atoms with Gasteiger partial charge < -0.3 is 23.4 Å². The Bertz CT molecular complexity index is 1210. The number of thiazole rings is 1. The van der Waals surface area contributed by atoms with E-state index in [1.54, 1.807) is 38.6 Å². The van der Waals surface area contributed by atoms with Gasteiger partial charge in [-0.2, -0.15) is 0 Å². The van der Waals surface area contributed by atoms with E-state index in [0.29, 0.717) is 57.6 Å². The van der Waals surface area contributed by atoms with Crippen LogP contribution in [0, 0.1) is 6.92 Å². The van der Waals surface area contributed by atoms with Crippen LogP contribution in [-0.2, 0) is 35.3 Å². The molecule has 3 aromatic rings. The lowest BCUT2D eigenvalue weighted by molar-refractivity contribution is -0.131. The highest BCUT2D eigenvalue weighted by molar-refractivity contribution is 7.09. The molecule has 0 atom stereocenters. The molecule has 0 fully saturated rings. The second-order valence-electron chi connectivity index (χ2n) is 7.98. The summed E-state index contributed by atoms with van der Waals surface area (Å²) in [6.07, 6.45) is 3.37. The van der Waals surface area contributed by atoms with Crippen molar-refractivity contribution in [2.45, 2.75) is 39.2 Å². The Kier molecular flexibility index (Phi) is 7.46. The molecule has 0 bridgehead atoms. The topological polar surface area (TPSA) is 104 Å². The molecule has 4 heterocycles. The van der Waals surface area contributed by atoms with Crippen molar-refractivity contribution in [1.29, 1.82) is 0 Å². The first kappa shape index (κ1) is 23.7. The number of esters is 1. The van der Waals surface area contributed by atoms with Crippen LogP contribution in [-0.4, -0.2) is 53.1 Å². The second-order valence-corrected chi connectivity index (χ2v) is 8.92. The summed E-state index contributed by atoms with van der Waals surface area (Å²) in [7, 11) is 1.30. The average Bonchev–Trinajstić information content (AvgIpc) is 3.44. The van der Waals surface area contributed by atoms with Crippen molar-refractivity contribution in [3.63, 3.8) is 0 Å². The quantitative estimate of drug-likeness (QED) is 0.452.